The van der Waals surface area contributed by atoms with E-state index in [-0.39, 0.29) is 0 Å². The van der Waals surface area contributed by atoms with Crippen LogP contribution in [-0.2, 0) is 6.18 Å². The Hall–Kier alpha value is -3.23. The quantitative estimate of drug-likeness (QED) is 0.752. The number of hydrogen-bond acceptors (Lipinski definition) is 4. The minimum atomic E-state index is -4.60. The van der Waals surface area contributed by atoms with E-state index in [1.807, 2.05) is 0 Å². The first-order valence-corrected chi connectivity index (χ1v) is 8.29. The molecule has 138 valence electrons. The van der Waals surface area contributed by atoms with Gasteiger partial charge in [0.05, 0.1) is 17.2 Å². The predicted octanol–water partition coefficient (Wildman–Crippen LogP) is 3.95. The van der Waals surface area contributed by atoms with Gasteiger partial charge in [-0.25, -0.2) is 4.68 Å². The summed E-state index contributed by atoms with van der Waals surface area (Å²) in [4.78, 5) is 12.3. The van der Waals surface area contributed by atoms with Gasteiger partial charge in [-0.1, -0.05) is 12.1 Å². The molecule has 6 nitrogen and oxygen atoms in total. The Labute approximate surface area is 152 Å². The monoisotopic (exact) mass is 373 g/mol. The number of tetrazole rings is 1. The maximum atomic E-state index is 13.1. The number of hydrogen-bond donors (Lipinski definition) is 1. The third kappa shape index (κ3) is 3.53. The Kier molecular flexibility index (Phi) is 4.14. The van der Waals surface area contributed by atoms with Crippen LogP contribution in [0.3, 0.4) is 0 Å². The molecule has 0 atom stereocenters. The molecule has 1 saturated carbocycles. The lowest BCUT2D eigenvalue weighted by Gasteiger charge is -2.13. The lowest BCUT2D eigenvalue weighted by Crippen LogP contribution is -2.18. The van der Waals surface area contributed by atoms with Crippen LogP contribution in [0.2, 0.25) is 0 Å². The van der Waals surface area contributed by atoms with Gasteiger partial charge in [0.15, 0.2) is 5.82 Å². The largest absolute Gasteiger partial charge is 0.417 e. The summed E-state index contributed by atoms with van der Waals surface area (Å²) >= 11 is 0. The van der Waals surface area contributed by atoms with Crippen LogP contribution in [0.1, 0.15) is 34.8 Å². The molecule has 1 aliphatic carbocycles. The molecular weight excluding hydrogens is 359 g/mol. The molecule has 1 N–H and O–H groups in total. The molecule has 2 aromatic carbocycles. The molecule has 4 rings (SSSR count). The predicted molar refractivity (Wildman–Crippen MR) is 90.9 cm³/mol. The Morgan fingerprint density at radius 1 is 1.07 bits per heavy atom. The number of nitrogens with one attached hydrogen (secondary N) is 1. The highest BCUT2D eigenvalue weighted by Crippen LogP contribution is 2.36. The Bertz CT molecular complexity index is 977. The van der Waals surface area contributed by atoms with E-state index in [1.165, 1.54) is 12.1 Å². The number of amides is 1. The lowest BCUT2D eigenvalue weighted by molar-refractivity contribution is -0.137. The second-order valence-electron chi connectivity index (χ2n) is 6.25. The summed E-state index contributed by atoms with van der Waals surface area (Å²) in [6, 6.07) is 11.6. The standard InChI is InChI=1S/C18H14F3N5O/c19-18(20,21)15-4-2-1-3-14(15)17(27)22-12-7-5-11(6-8-12)16-23-24-25-26(16)13-9-10-13/h1-8,13H,9-10H2,(H,22,27). The number of nitrogens with zero attached hydrogens (tertiary/aromatic N) is 4. The SMILES string of the molecule is O=C(Nc1ccc(-c2nnnn2C2CC2)cc1)c1ccccc1C(F)(F)F. The molecule has 1 aliphatic rings. The first-order chi connectivity index (χ1) is 12.9. The molecule has 1 heterocycles. The van der Waals surface area contributed by atoms with Crippen molar-refractivity contribution in [2.75, 3.05) is 5.32 Å². The van der Waals surface area contributed by atoms with Gasteiger partial charge >= 0.3 is 6.18 Å². The van der Waals surface area contributed by atoms with Gasteiger partial charge in [-0.15, -0.1) is 5.10 Å². The van der Waals surface area contributed by atoms with Crippen molar-refractivity contribution in [1.82, 2.24) is 20.2 Å². The van der Waals surface area contributed by atoms with Crippen molar-refractivity contribution >= 4 is 11.6 Å². The minimum absolute atomic E-state index is 0.313. The molecule has 0 radical (unpaired) electrons. The normalized spacial score (nSPS) is 14.2. The van der Waals surface area contributed by atoms with E-state index in [1.54, 1.807) is 28.9 Å². The molecule has 1 fully saturated rings. The number of carbonyl (C=O) groups is 1. The summed E-state index contributed by atoms with van der Waals surface area (Å²) in [5.74, 6) is -0.198. The van der Waals surface area contributed by atoms with E-state index in [4.69, 9.17) is 0 Å². The number of alkyl halides is 3. The molecule has 0 unspecified atom stereocenters. The second-order valence-corrected chi connectivity index (χ2v) is 6.25. The Morgan fingerprint density at radius 3 is 2.44 bits per heavy atom. The number of anilines is 1. The molecule has 0 bridgehead atoms. The minimum Gasteiger partial charge on any atom is -0.322 e. The van der Waals surface area contributed by atoms with Crippen molar-refractivity contribution in [2.45, 2.75) is 25.1 Å². The van der Waals surface area contributed by atoms with Gasteiger partial charge in [-0.05, 0) is 59.7 Å². The van der Waals surface area contributed by atoms with Crippen LogP contribution < -0.4 is 5.32 Å². The van der Waals surface area contributed by atoms with Crippen LogP contribution in [0, 0.1) is 0 Å². The first-order valence-electron chi connectivity index (χ1n) is 8.29. The van der Waals surface area contributed by atoms with Gasteiger partial charge in [0.25, 0.3) is 5.91 Å². The molecule has 0 saturated heterocycles. The van der Waals surface area contributed by atoms with E-state index in [2.05, 4.69) is 20.8 Å². The Balaban J connectivity index is 1.54. The maximum absolute atomic E-state index is 13.1. The fourth-order valence-electron chi connectivity index (χ4n) is 2.78. The van der Waals surface area contributed by atoms with Crippen LogP contribution in [0.4, 0.5) is 18.9 Å². The highest BCUT2D eigenvalue weighted by Gasteiger charge is 2.34. The molecule has 3 aromatic rings. The number of halogens is 3. The molecule has 0 aliphatic heterocycles. The van der Waals surface area contributed by atoms with Crippen LogP contribution in [0.5, 0.6) is 0 Å². The zero-order chi connectivity index (χ0) is 19.0. The van der Waals surface area contributed by atoms with Gasteiger partial charge in [0.1, 0.15) is 0 Å². The van der Waals surface area contributed by atoms with Crippen LogP contribution >= 0.6 is 0 Å². The van der Waals surface area contributed by atoms with E-state index in [9.17, 15) is 18.0 Å². The first kappa shape index (κ1) is 17.2. The molecule has 1 aromatic heterocycles. The van der Waals surface area contributed by atoms with Crippen molar-refractivity contribution in [3.8, 4) is 11.4 Å². The number of rotatable bonds is 4. The van der Waals surface area contributed by atoms with Crippen LogP contribution in [0.15, 0.2) is 48.5 Å². The summed E-state index contributed by atoms with van der Waals surface area (Å²) in [6.45, 7) is 0. The molecular formula is C18H14F3N5O. The van der Waals surface area contributed by atoms with Gasteiger partial charge in [-0.2, -0.15) is 13.2 Å². The average Bonchev–Trinajstić information content (AvgIpc) is 3.38. The summed E-state index contributed by atoms with van der Waals surface area (Å²) in [5, 5.41) is 14.2. The summed E-state index contributed by atoms with van der Waals surface area (Å²) in [7, 11) is 0. The summed E-state index contributed by atoms with van der Waals surface area (Å²) < 4.78 is 41.0. The van der Waals surface area contributed by atoms with Crippen molar-refractivity contribution in [3.63, 3.8) is 0 Å². The summed E-state index contributed by atoms with van der Waals surface area (Å²) in [6.07, 6.45) is -2.53. The van der Waals surface area contributed by atoms with Crippen LogP contribution in [0.25, 0.3) is 11.4 Å². The zero-order valence-corrected chi connectivity index (χ0v) is 13.9. The van der Waals surface area contributed by atoms with Crippen molar-refractivity contribution in [1.29, 1.82) is 0 Å². The fraction of sp³-hybridized carbons (Fsp3) is 0.222. The molecule has 9 heteroatoms. The average molecular weight is 373 g/mol. The number of benzene rings is 2. The fourth-order valence-corrected chi connectivity index (χ4v) is 2.78. The summed E-state index contributed by atoms with van der Waals surface area (Å²) in [5.41, 5.74) is -0.249. The van der Waals surface area contributed by atoms with Gasteiger partial charge in [0.2, 0.25) is 0 Å². The van der Waals surface area contributed by atoms with Crippen molar-refractivity contribution in [3.05, 3.63) is 59.7 Å². The smallest absolute Gasteiger partial charge is 0.322 e. The van der Waals surface area contributed by atoms with Gasteiger partial charge < -0.3 is 5.32 Å². The van der Waals surface area contributed by atoms with Gasteiger partial charge in [0, 0.05) is 11.3 Å². The zero-order valence-electron chi connectivity index (χ0n) is 13.9. The third-order valence-electron chi connectivity index (χ3n) is 4.26. The van der Waals surface area contributed by atoms with E-state index in [0.29, 0.717) is 17.6 Å². The number of aromatic nitrogens is 4. The van der Waals surface area contributed by atoms with Crippen molar-refractivity contribution < 1.29 is 18.0 Å². The second kappa shape index (κ2) is 6.49. The van der Waals surface area contributed by atoms with E-state index in [0.717, 1.165) is 30.5 Å². The van der Waals surface area contributed by atoms with E-state index < -0.39 is 23.2 Å². The van der Waals surface area contributed by atoms with Crippen LogP contribution in [-0.4, -0.2) is 26.1 Å². The highest BCUT2D eigenvalue weighted by molar-refractivity contribution is 6.05. The number of carbonyl (C=O) groups excluding carboxylic acids is 1. The van der Waals surface area contributed by atoms with Crippen molar-refractivity contribution in [2.24, 2.45) is 0 Å². The van der Waals surface area contributed by atoms with E-state index >= 15 is 0 Å². The molecule has 27 heavy (non-hydrogen) atoms. The lowest BCUT2D eigenvalue weighted by atomic mass is 10.1. The highest BCUT2D eigenvalue weighted by atomic mass is 19.4. The molecule has 0 spiro atoms. The Morgan fingerprint density at radius 2 is 1.78 bits per heavy atom. The molecule has 1 amide bonds. The topological polar surface area (TPSA) is 72.7 Å². The van der Waals surface area contributed by atoms with Gasteiger partial charge in [-0.3, -0.25) is 4.79 Å². The maximum Gasteiger partial charge on any atom is 0.417 e. The third-order valence-corrected chi connectivity index (χ3v) is 4.26.